The van der Waals surface area contributed by atoms with Gasteiger partial charge in [-0.1, -0.05) is 30.3 Å². The molecule has 1 rings (SSSR count). The van der Waals surface area contributed by atoms with Gasteiger partial charge in [-0.25, -0.2) is 0 Å². The van der Waals surface area contributed by atoms with Crippen LogP contribution in [-0.2, 0) is 11.2 Å². The second kappa shape index (κ2) is 6.75. The van der Waals surface area contributed by atoms with E-state index >= 15 is 0 Å². The smallest absolute Gasteiger partial charge is 0.381 e. The minimum Gasteiger partial charge on any atom is -0.381 e. The molecule has 0 aliphatic heterocycles. The van der Waals surface area contributed by atoms with Crippen molar-refractivity contribution in [1.29, 1.82) is 0 Å². The van der Waals surface area contributed by atoms with Gasteiger partial charge >= 0.3 is 6.18 Å². The van der Waals surface area contributed by atoms with Crippen molar-refractivity contribution in [2.45, 2.75) is 38.1 Å². The van der Waals surface area contributed by atoms with Gasteiger partial charge in [0.25, 0.3) is 0 Å². The number of hydrogen-bond acceptors (Lipinski definition) is 2. The first-order valence-corrected chi connectivity index (χ1v) is 5.67. The first kappa shape index (κ1) is 13.4. The Morgan fingerprint density at radius 3 is 2.50 bits per heavy atom. The maximum atomic E-state index is 12.2. The van der Waals surface area contributed by atoms with Crippen LogP contribution in [-0.4, -0.2) is 30.1 Å². The van der Waals surface area contributed by atoms with Crippen LogP contribution >= 0.6 is 0 Å². The molecule has 0 saturated heterocycles. The summed E-state index contributed by atoms with van der Waals surface area (Å²) in [6.07, 6.45) is -7.91. The first-order valence-electron chi connectivity index (χ1n) is 6.25. The molecule has 0 saturated carbocycles. The van der Waals surface area contributed by atoms with Crippen LogP contribution in [0.1, 0.15) is 20.3 Å². The second-order valence-corrected chi connectivity index (χ2v) is 4.02. The average Bonchev–Trinajstić information content (AvgIpc) is 2.35. The third kappa shape index (κ3) is 5.06. The zero-order chi connectivity index (χ0) is 14.5. The molecule has 0 spiro atoms. The molecule has 5 heteroatoms. The Bertz CT molecular complexity index is 370. The van der Waals surface area contributed by atoms with Crippen molar-refractivity contribution in [3.8, 4) is 0 Å². The Hall–Kier alpha value is -1.07. The van der Waals surface area contributed by atoms with Gasteiger partial charge in [0.05, 0.1) is 7.47 Å². The van der Waals surface area contributed by atoms with E-state index in [1.54, 1.807) is 0 Å². The van der Waals surface area contributed by atoms with E-state index < -0.39 is 25.0 Å². The molecular formula is C13H17F3O2. The predicted molar refractivity (Wildman–Crippen MR) is 62.2 cm³/mol. The van der Waals surface area contributed by atoms with E-state index in [0.717, 1.165) is 12.5 Å². The van der Waals surface area contributed by atoms with Crippen LogP contribution in [0.2, 0.25) is 0 Å². The molecule has 18 heavy (non-hydrogen) atoms. The Kier molecular flexibility index (Phi) is 5.01. The lowest BCUT2D eigenvalue weighted by Gasteiger charge is -2.21. The van der Waals surface area contributed by atoms with Crippen LogP contribution < -0.4 is 0 Å². The summed E-state index contributed by atoms with van der Waals surface area (Å²) in [6, 6.07) is 9.32. The Morgan fingerprint density at radius 2 is 1.94 bits per heavy atom. The molecule has 0 aliphatic carbocycles. The van der Waals surface area contributed by atoms with Gasteiger partial charge in [0, 0.05) is 6.58 Å². The van der Waals surface area contributed by atoms with E-state index in [-0.39, 0.29) is 6.42 Å². The Labute approximate surface area is 106 Å². The number of rotatable bonds is 6. The summed E-state index contributed by atoms with van der Waals surface area (Å²) in [6.45, 7) is 0.0228. The Balaban J connectivity index is 2.37. The fourth-order valence-corrected chi connectivity index (χ4v) is 1.43. The molecule has 2 nitrogen and oxygen atoms in total. The zero-order valence-corrected chi connectivity index (χ0v) is 10.0. The summed E-state index contributed by atoms with van der Waals surface area (Å²) in [7, 11) is 0. The number of benzene rings is 1. The molecule has 0 aromatic heterocycles. The summed E-state index contributed by atoms with van der Waals surface area (Å²) in [5.41, 5.74) is 0.993. The molecule has 0 amide bonds. The maximum absolute atomic E-state index is 12.2. The molecule has 0 radical (unpaired) electrons. The van der Waals surface area contributed by atoms with Gasteiger partial charge in [0.2, 0.25) is 0 Å². The molecule has 3 atom stereocenters. The zero-order valence-electron chi connectivity index (χ0n) is 11.0. The molecule has 0 bridgehead atoms. The van der Waals surface area contributed by atoms with Gasteiger partial charge in [-0.15, -0.1) is 0 Å². The predicted octanol–water partition coefficient (Wildman–Crippen LogP) is 2.95. The van der Waals surface area contributed by atoms with Gasteiger partial charge in [-0.2, -0.15) is 13.2 Å². The summed E-state index contributed by atoms with van der Waals surface area (Å²) < 4.78 is 49.0. The number of alkyl halides is 3. The van der Waals surface area contributed by atoms with Crippen LogP contribution in [0.5, 0.6) is 0 Å². The first-order chi connectivity index (χ1) is 8.80. The maximum Gasteiger partial charge on any atom is 0.416 e. The molecule has 102 valence electrons. The Morgan fingerprint density at radius 1 is 1.33 bits per heavy atom. The summed E-state index contributed by atoms with van der Waals surface area (Å²) in [4.78, 5) is 0. The minimum absolute atomic E-state index is 0.277. The number of aliphatic hydroxyl groups is 1. The normalized spacial score (nSPS) is 17.9. The van der Waals surface area contributed by atoms with Gasteiger partial charge in [-0.3, -0.25) is 0 Å². The topological polar surface area (TPSA) is 29.5 Å². The van der Waals surface area contributed by atoms with Crippen LogP contribution in [0.4, 0.5) is 13.2 Å². The van der Waals surface area contributed by atoms with Crippen molar-refractivity contribution >= 4 is 0 Å². The molecule has 1 aromatic rings. The fraction of sp³-hybridized carbons (Fsp3) is 0.538. The lowest BCUT2D eigenvalue weighted by atomic mass is 10.1. The molecule has 0 unspecified atom stereocenters. The third-order valence-corrected chi connectivity index (χ3v) is 2.48. The quantitative estimate of drug-likeness (QED) is 0.855. The van der Waals surface area contributed by atoms with Crippen LogP contribution in [0.15, 0.2) is 30.3 Å². The van der Waals surface area contributed by atoms with E-state index in [2.05, 4.69) is 0 Å². The summed E-state index contributed by atoms with van der Waals surface area (Å²) in [5, 5.41) is 8.96. The lowest BCUT2D eigenvalue weighted by molar-refractivity contribution is -0.234. The number of hydrogen-bond donors (Lipinski definition) is 1. The van der Waals surface area contributed by atoms with Crippen LogP contribution in [0, 0.1) is 0 Å². The number of halogens is 3. The van der Waals surface area contributed by atoms with E-state index in [1.165, 1.54) is 0 Å². The lowest BCUT2D eigenvalue weighted by Crippen LogP contribution is -2.39. The van der Waals surface area contributed by atoms with Crippen LogP contribution in [0.3, 0.4) is 0 Å². The minimum atomic E-state index is -4.72. The monoisotopic (exact) mass is 263 g/mol. The SMILES string of the molecule is [2H][C@H](CCc1ccccc1)O[C@@H](C)[C@H](O)C(F)(F)F. The highest BCUT2D eigenvalue weighted by Gasteiger charge is 2.42. The van der Waals surface area contributed by atoms with Gasteiger partial charge in [0.15, 0.2) is 6.10 Å². The highest BCUT2D eigenvalue weighted by molar-refractivity contribution is 5.14. The molecule has 1 N–H and O–H groups in total. The summed E-state index contributed by atoms with van der Waals surface area (Å²) >= 11 is 0. The second-order valence-electron chi connectivity index (χ2n) is 4.02. The third-order valence-electron chi connectivity index (χ3n) is 2.48. The van der Waals surface area contributed by atoms with Gasteiger partial charge < -0.3 is 9.84 Å². The van der Waals surface area contributed by atoms with Gasteiger partial charge in [0.1, 0.15) is 0 Å². The van der Waals surface area contributed by atoms with Crippen molar-refractivity contribution < 1.29 is 24.4 Å². The average molecular weight is 263 g/mol. The van der Waals surface area contributed by atoms with Crippen LogP contribution in [0.25, 0.3) is 0 Å². The van der Waals surface area contributed by atoms with Crippen molar-refractivity contribution in [3.63, 3.8) is 0 Å². The highest BCUT2D eigenvalue weighted by atomic mass is 19.4. The number of ether oxygens (including phenoxy) is 1. The number of aliphatic hydroxyl groups excluding tert-OH is 1. The van der Waals surface area contributed by atoms with E-state index in [1.807, 2.05) is 30.3 Å². The molecule has 0 aliphatic rings. The van der Waals surface area contributed by atoms with Crippen molar-refractivity contribution in [2.24, 2.45) is 0 Å². The molecular weight excluding hydrogens is 245 g/mol. The molecule has 1 aromatic carbocycles. The largest absolute Gasteiger partial charge is 0.416 e. The van der Waals surface area contributed by atoms with E-state index in [0.29, 0.717) is 6.42 Å². The molecule has 0 fully saturated rings. The van der Waals surface area contributed by atoms with E-state index in [4.69, 9.17) is 11.2 Å². The summed E-state index contributed by atoms with van der Waals surface area (Å²) in [5.74, 6) is 0. The standard InChI is InChI=1S/C13H17F3O2/c1-10(12(17)13(14,15)16)18-9-5-8-11-6-3-2-4-7-11/h2-4,6-7,10,12,17H,5,8-9H2,1H3/t10-,12-/m0/s1/i9D/t9-,10+,12+/m1. The van der Waals surface area contributed by atoms with Gasteiger partial charge in [-0.05, 0) is 25.3 Å². The molecule has 0 heterocycles. The highest BCUT2D eigenvalue weighted by Crippen LogP contribution is 2.23. The van der Waals surface area contributed by atoms with Crippen molar-refractivity contribution in [1.82, 2.24) is 0 Å². The van der Waals surface area contributed by atoms with Crippen molar-refractivity contribution in [2.75, 3.05) is 6.58 Å². The van der Waals surface area contributed by atoms with E-state index in [9.17, 15) is 13.2 Å². The fourth-order valence-electron chi connectivity index (χ4n) is 1.43. The van der Waals surface area contributed by atoms with Crippen molar-refractivity contribution in [3.05, 3.63) is 35.9 Å². The number of aryl methyl sites for hydroxylation is 1.